The Morgan fingerprint density at radius 2 is 0.386 bits per heavy atom. The van der Waals surface area contributed by atoms with Gasteiger partial charge in [-0.1, -0.05) is 508 Å². The third-order valence-electron chi connectivity index (χ3n) is 29.3. The first-order chi connectivity index (χ1) is 71.5. The van der Waals surface area contributed by atoms with Crippen LogP contribution in [0.4, 0.5) is 0 Å². The Morgan fingerprint density at radius 1 is 0.138 bits per heavy atom. The Morgan fingerprint density at radius 3 is 0.793 bits per heavy atom. The van der Waals surface area contributed by atoms with Gasteiger partial charge in [-0.15, -0.1) is 0 Å². The summed E-state index contributed by atoms with van der Waals surface area (Å²) < 4.78 is 0. The predicted molar refractivity (Wildman–Crippen MR) is 608 cm³/mol. The summed E-state index contributed by atoms with van der Waals surface area (Å²) >= 11 is 0. The number of fused-ring (bicyclic) bond motifs is 12. The Bertz CT molecular complexity index is 8960. The van der Waals surface area contributed by atoms with Crippen LogP contribution in [0.5, 0.6) is 0 Å². The molecule has 9 nitrogen and oxygen atoms in total. The number of rotatable bonds is 15. The molecular formula is C133H95N9Si3. The van der Waals surface area contributed by atoms with Crippen molar-refractivity contribution in [2.45, 2.75) is 27.7 Å². The Kier molecular flexibility index (Phi) is 22.7. The van der Waals surface area contributed by atoms with E-state index in [1.165, 1.54) is 134 Å². The van der Waals surface area contributed by atoms with E-state index in [9.17, 15) is 0 Å². The first kappa shape index (κ1) is 88.5. The van der Waals surface area contributed by atoms with Crippen LogP contribution in [0.1, 0.15) is 22.3 Å². The summed E-state index contributed by atoms with van der Waals surface area (Å²) in [5, 5.41) is 23.5. The molecule has 12 heteroatoms. The Hall–Kier alpha value is -17.9. The maximum absolute atomic E-state index is 5.33. The molecule has 3 aromatic heterocycles. The minimum absolute atomic E-state index is 0.664. The highest BCUT2D eigenvalue weighted by molar-refractivity contribution is 7.24. The van der Waals surface area contributed by atoms with Crippen LogP contribution >= 0.6 is 0 Å². The van der Waals surface area contributed by atoms with E-state index in [1.807, 2.05) is 54.6 Å². The topological polar surface area (TPSA) is 116 Å². The van der Waals surface area contributed by atoms with Gasteiger partial charge in [0, 0.05) is 50.1 Å². The van der Waals surface area contributed by atoms with Gasteiger partial charge < -0.3 is 0 Å². The quantitative estimate of drug-likeness (QED) is 0.0925. The molecular weight excluding hydrogens is 1810 g/mol. The van der Waals surface area contributed by atoms with Crippen molar-refractivity contribution in [2.24, 2.45) is 0 Å². The van der Waals surface area contributed by atoms with Gasteiger partial charge in [0.05, 0.1) is 0 Å². The SMILES string of the molecule is Cc1ccc([Si]2(c3ccc(C)cc3)c3ccccc3-c3ccc(-c4nc(-c5ccccc5)nc(-c5ccc6ccccc6c5)n4)cc32)cc1.Cc1ccc([Si]2(c3ccc(C)cc3)c3ccccc3-c3cccc(-c4nc(-c5ccccc5)nc(-c5ccc6ccccc6c5)n4)c32)cc1.c1ccc(-c2nc(-c3ccc4ccccc4c3)nc(-c3cccc4c3-c3ccccc3[Si]4(c3ccccc3)c3ccccc3)n2)cc1. The molecule has 684 valence electrons. The molecule has 27 rings (SSSR count). The van der Waals surface area contributed by atoms with Gasteiger partial charge >= 0.3 is 0 Å². The van der Waals surface area contributed by atoms with E-state index in [1.54, 1.807) is 0 Å². The molecule has 24 aromatic rings. The minimum Gasteiger partial charge on any atom is -0.208 e. The molecule has 0 aliphatic carbocycles. The fourth-order valence-corrected chi connectivity index (χ4v) is 38.1. The van der Waals surface area contributed by atoms with E-state index in [4.69, 9.17) is 44.9 Å². The van der Waals surface area contributed by atoms with Crippen molar-refractivity contribution in [1.82, 2.24) is 44.9 Å². The molecule has 3 aliphatic rings. The highest BCUT2D eigenvalue weighted by Gasteiger charge is 2.53. The maximum Gasteiger partial charge on any atom is 0.181 e. The summed E-state index contributed by atoms with van der Waals surface area (Å²) in [4.78, 5) is 46.6. The minimum atomic E-state index is -2.83. The van der Waals surface area contributed by atoms with Gasteiger partial charge in [-0.3, -0.25) is 0 Å². The standard InChI is InChI=1S/2C45H33N3Si.C43H29N3Si/c1-30-19-25-36(26-20-30)49(37-27-21-31(2)22-28-37)41-18-9-8-15-38(41)39-16-10-17-40(42(39)49)45-47-43(33-12-4-3-5-13-33)46-44(48-45)35-24-23-32-11-6-7-14-34(32)29-35;1-30-16-23-37(24-17-30)49(38-25-18-31(2)19-26-38)41-15-9-8-14-39(41)40-27-22-36(29-42(40)49)45-47-43(33-11-4-3-5-12-33)46-44(48-45)35-21-20-32-10-6-7-13-34(32)28-35;1-4-16-31(17-5-1)41-44-42(33-28-27-30-15-10-11-18-32(30)29-33)46-43(45-41)37-24-14-26-39-40(37)36-23-12-13-25-38(36)47(39,34-19-6-2-7-20-34)35-21-8-3-9-22-35/h2*3-29H,1-2H3;1-29H. The molecule has 0 unspecified atom stereocenters. The van der Waals surface area contributed by atoms with Gasteiger partial charge in [0.25, 0.3) is 0 Å². The lowest BCUT2D eigenvalue weighted by atomic mass is 9.99. The molecule has 0 N–H and O–H groups in total. The second kappa shape index (κ2) is 37.3. The lowest BCUT2D eigenvalue weighted by Crippen LogP contribution is -2.73. The van der Waals surface area contributed by atoms with E-state index >= 15 is 0 Å². The number of benzene rings is 21. The largest absolute Gasteiger partial charge is 0.208 e. The fourth-order valence-electron chi connectivity index (χ4n) is 22.4. The monoisotopic (exact) mass is 1900 g/mol. The van der Waals surface area contributed by atoms with Crippen LogP contribution in [-0.2, 0) is 0 Å². The van der Waals surface area contributed by atoms with Crippen molar-refractivity contribution < 1.29 is 0 Å². The third-order valence-corrected chi connectivity index (χ3v) is 44.0. The van der Waals surface area contributed by atoms with Crippen LogP contribution in [0.15, 0.2) is 504 Å². The van der Waals surface area contributed by atoms with Crippen molar-refractivity contribution in [3.63, 3.8) is 0 Å². The summed E-state index contributed by atoms with van der Waals surface area (Å²) in [6.07, 6.45) is 0. The van der Waals surface area contributed by atoms with Gasteiger partial charge in [-0.05, 0) is 174 Å². The van der Waals surface area contributed by atoms with Crippen molar-refractivity contribution in [1.29, 1.82) is 0 Å². The number of aromatic nitrogens is 9. The number of hydrogen-bond acceptors (Lipinski definition) is 9. The second-order valence-electron chi connectivity index (χ2n) is 38.0. The summed E-state index contributed by atoms with van der Waals surface area (Å²) in [6, 6.07) is 182. The molecule has 0 radical (unpaired) electrons. The van der Waals surface area contributed by atoms with Crippen LogP contribution in [0, 0.1) is 27.7 Å². The molecule has 6 heterocycles. The van der Waals surface area contributed by atoms with Crippen LogP contribution in [0.25, 0.3) is 168 Å². The van der Waals surface area contributed by atoms with Crippen LogP contribution in [0.2, 0.25) is 0 Å². The van der Waals surface area contributed by atoms with Gasteiger partial charge in [-0.2, -0.15) is 0 Å². The average Bonchev–Trinajstić information content (AvgIpc) is 1.55. The van der Waals surface area contributed by atoms with Crippen molar-refractivity contribution in [3.05, 3.63) is 526 Å². The van der Waals surface area contributed by atoms with E-state index in [0.29, 0.717) is 52.4 Å². The van der Waals surface area contributed by atoms with E-state index in [2.05, 4.69) is 477 Å². The van der Waals surface area contributed by atoms with Crippen molar-refractivity contribution in [2.75, 3.05) is 0 Å². The summed E-state index contributed by atoms with van der Waals surface area (Å²) in [7, 11) is -8.17. The maximum atomic E-state index is 5.33. The molecule has 21 aromatic carbocycles. The summed E-state index contributed by atoms with van der Waals surface area (Å²) in [5.41, 5.74) is 21.5. The Balaban J connectivity index is 0.000000114. The predicted octanol–water partition coefficient (Wildman–Crippen LogP) is 23.4. The summed E-state index contributed by atoms with van der Waals surface area (Å²) in [5.74, 6) is 6.04. The zero-order valence-corrected chi connectivity index (χ0v) is 83.4. The highest BCUT2D eigenvalue weighted by atomic mass is 28.3. The summed E-state index contributed by atoms with van der Waals surface area (Å²) in [6.45, 7) is 8.65. The molecule has 0 saturated carbocycles. The lowest BCUT2D eigenvalue weighted by Gasteiger charge is -2.32. The molecule has 145 heavy (non-hydrogen) atoms. The number of aryl methyl sites for hydroxylation is 4. The normalized spacial score (nSPS) is 12.9. The van der Waals surface area contributed by atoms with Crippen LogP contribution in [-0.4, -0.2) is 69.1 Å². The van der Waals surface area contributed by atoms with Gasteiger partial charge in [0.2, 0.25) is 0 Å². The molecule has 0 fully saturated rings. The molecule has 3 aliphatic heterocycles. The second-order valence-corrected chi connectivity index (χ2v) is 49.2. The highest BCUT2D eigenvalue weighted by Crippen LogP contribution is 2.41. The van der Waals surface area contributed by atoms with Gasteiger partial charge in [-0.25, -0.2) is 44.9 Å². The van der Waals surface area contributed by atoms with Crippen LogP contribution < -0.4 is 62.2 Å². The van der Waals surface area contributed by atoms with E-state index < -0.39 is 24.2 Å². The van der Waals surface area contributed by atoms with E-state index in [0.717, 1.165) is 66.2 Å². The number of nitrogens with zero attached hydrogens (tertiary/aromatic N) is 9. The molecule has 0 bridgehead atoms. The van der Waals surface area contributed by atoms with Gasteiger partial charge in [0.15, 0.2) is 76.6 Å². The van der Waals surface area contributed by atoms with E-state index in [-0.39, 0.29) is 0 Å². The van der Waals surface area contributed by atoms with Crippen molar-refractivity contribution in [3.8, 4) is 136 Å². The number of hydrogen-bond donors (Lipinski definition) is 0. The first-order valence-electron chi connectivity index (χ1n) is 49.5. The third kappa shape index (κ3) is 15.7. The average molecular weight is 1900 g/mol. The lowest BCUT2D eigenvalue weighted by molar-refractivity contribution is 1.07. The molecule has 0 atom stereocenters. The molecule has 0 saturated heterocycles. The van der Waals surface area contributed by atoms with Crippen molar-refractivity contribution >= 4 is 119 Å². The van der Waals surface area contributed by atoms with Gasteiger partial charge in [0.1, 0.15) is 0 Å². The smallest absolute Gasteiger partial charge is 0.181 e. The molecule has 0 amide bonds. The molecule has 0 spiro atoms. The zero-order chi connectivity index (χ0) is 97.1. The fraction of sp³-hybridized carbons (Fsp3) is 0.0301. The Labute approximate surface area is 846 Å². The zero-order valence-electron chi connectivity index (χ0n) is 80.4. The van der Waals surface area contributed by atoms with Crippen LogP contribution in [0.3, 0.4) is 0 Å². The first-order valence-corrected chi connectivity index (χ1v) is 55.5.